The van der Waals surface area contributed by atoms with Crippen LogP contribution in [0.25, 0.3) is 0 Å². The van der Waals surface area contributed by atoms with Crippen LogP contribution in [0.1, 0.15) is 35.5 Å². The molecule has 2 N–H and O–H groups in total. The zero-order valence-electron chi connectivity index (χ0n) is 13.4. The molecule has 1 heterocycles. The van der Waals surface area contributed by atoms with E-state index >= 15 is 0 Å². The third-order valence-corrected chi connectivity index (χ3v) is 4.73. The van der Waals surface area contributed by atoms with Gasteiger partial charge in [-0.15, -0.1) is 0 Å². The molecule has 1 aromatic heterocycles. The van der Waals surface area contributed by atoms with Crippen LogP contribution in [0.3, 0.4) is 0 Å². The molecule has 0 saturated heterocycles. The standard InChI is InChI=1S/C18H23N3O/c1-12-13(2)20-14(3)21-17(12)19-11-18(9-16(22)10-18)15-7-5-4-6-8-15/h4-8,16,22H,9-11H2,1-3H3,(H,19,20,21). The van der Waals surface area contributed by atoms with Gasteiger partial charge in [-0.25, -0.2) is 9.97 Å². The molecular weight excluding hydrogens is 274 g/mol. The summed E-state index contributed by atoms with van der Waals surface area (Å²) in [6, 6.07) is 10.5. The Morgan fingerprint density at radius 2 is 1.82 bits per heavy atom. The molecule has 0 unspecified atom stereocenters. The Morgan fingerprint density at radius 1 is 1.14 bits per heavy atom. The summed E-state index contributed by atoms with van der Waals surface area (Å²) >= 11 is 0. The van der Waals surface area contributed by atoms with Gasteiger partial charge in [-0.3, -0.25) is 0 Å². The van der Waals surface area contributed by atoms with Crippen LogP contribution >= 0.6 is 0 Å². The molecular formula is C18H23N3O. The van der Waals surface area contributed by atoms with E-state index in [2.05, 4.69) is 39.6 Å². The molecule has 1 fully saturated rings. The number of hydrogen-bond acceptors (Lipinski definition) is 4. The Kier molecular flexibility index (Phi) is 3.87. The molecule has 22 heavy (non-hydrogen) atoms. The number of anilines is 1. The first kappa shape index (κ1) is 15.0. The molecule has 1 aliphatic rings. The lowest BCUT2D eigenvalue weighted by molar-refractivity contribution is 0.0242. The molecule has 1 saturated carbocycles. The maximum atomic E-state index is 9.83. The van der Waals surface area contributed by atoms with Gasteiger partial charge in [0.25, 0.3) is 0 Å². The lowest BCUT2D eigenvalue weighted by Gasteiger charge is -2.46. The highest BCUT2D eigenvalue weighted by molar-refractivity contribution is 5.47. The zero-order valence-corrected chi connectivity index (χ0v) is 13.4. The predicted molar refractivity (Wildman–Crippen MR) is 88.1 cm³/mol. The largest absolute Gasteiger partial charge is 0.393 e. The van der Waals surface area contributed by atoms with Crippen LogP contribution in [-0.2, 0) is 5.41 Å². The number of aliphatic hydroxyl groups excluding tert-OH is 1. The van der Waals surface area contributed by atoms with E-state index in [0.717, 1.165) is 42.3 Å². The molecule has 116 valence electrons. The monoisotopic (exact) mass is 297 g/mol. The summed E-state index contributed by atoms with van der Waals surface area (Å²) in [5, 5.41) is 13.3. The summed E-state index contributed by atoms with van der Waals surface area (Å²) in [5.41, 5.74) is 3.39. The minimum absolute atomic E-state index is 0.000123. The fraction of sp³-hybridized carbons (Fsp3) is 0.444. The average Bonchev–Trinajstić information content (AvgIpc) is 2.47. The molecule has 1 aromatic carbocycles. The zero-order chi connectivity index (χ0) is 15.7. The van der Waals surface area contributed by atoms with Crippen molar-refractivity contribution in [1.29, 1.82) is 0 Å². The van der Waals surface area contributed by atoms with Gasteiger partial charge < -0.3 is 10.4 Å². The lowest BCUT2D eigenvalue weighted by atomic mass is 9.62. The van der Waals surface area contributed by atoms with Crippen molar-refractivity contribution in [1.82, 2.24) is 9.97 Å². The van der Waals surface area contributed by atoms with Crippen LogP contribution in [0.15, 0.2) is 30.3 Å². The van der Waals surface area contributed by atoms with Gasteiger partial charge in [-0.2, -0.15) is 0 Å². The van der Waals surface area contributed by atoms with Gasteiger partial charge in [0.05, 0.1) is 6.10 Å². The first-order chi connectivity index (χ1) is 10.5. The maximum absolute atomic E-state index is 9.83. The number of benzene rings is 1. The number of hydrogen-bond donors (Lipinski definition) is 2. The Labute approximate surface area is 131 Å². The van der Waals surface area contributed by atoms with Gasteiger partial charge >= 0.3 is 0 Å². The lowest BCUT2D eigenvalue weighted by Crippen LogP contribution is -2.49. The van der Waals surface area contributed by atoms with Gasteiger partial charge in [0.2, 0.25) is 0 Å². The Bertz CT molecular complexity index is 664. The number of nitrogens with one attached hydrogen (secondary N) is 1. The van der Waals surface area contributed by atoms with Gasteiger partial charge in [0, 0.05) is 23.2 Å². The molecule has 4 nitrogen and oxygen atoms in total. The number of aromatic nitrogens is 2. The van der Waals surface area contributed by atoms with Crippen molar-refractivity contribution in [2.75, 3.05) is 11.9 Å². The minimum Gasteiger partial charge on any atom is -0.393 e. The molecule has 4 heteroatoms. The maximum Gasteiger partial charge on any atom is 0.132 e. The highest BCUT2D eigenvalue weighted by Gasteiger charge is 2.44. The average molecular weight is 297 g/mol. The van der Waals surface area contributed by atoms with Crippen molar-refractivity contribution < 1.29 is 5.11 Å². The molecule has 0 amide bonds. The van der Waals surface area contributed by atoms with E-state index in [0.29, 0.717) is 0 Å². The van der Waals surface area contributed by atoms with Gasteiger partial charge in [0.15, 0.2) is 0 Å². The minimum atomic E-state index is -0.197. The van der Waals surface area contributed by atoms with E-state index in [1.165, 1.54) is 5.56 Å². The third-order valence-electron chi connectivity index (χ3n) is 4.73. The van der Waals surface area contributed by atoms with E-state index in [9.17, 15) is 5.11 Å². The fourth-order valence-corrected chi connectivity index (χ4v) is 3.31. The van der Waals surface area contributed by atoms with Crippen LogP contribution < -0.4 is 5.32 Å². The van der Waals surface area contributed by atoms with E-state index < -0.39 is 0 Å². The Balaban J connectivity index is 1.82. The van der Waals surface area contributed by atoms with Crippen LogP contribution in [0.4, 0.5) is 5.82 Å². The number of nitrogens with zero attached hydrogens (tertiary/aromatic N) is 2. The summed E-state index contributed by atoms with van der Waals surface area (Å²) in [4.78, 5) is 8.91. The van der Waals surface area contributed by atoms with Gasteiger partial charge in [0.1, 0.15) is 11.6 Å². The van der Waals surface area contributed by atoms with E-state index in [1.807, 2.05) is 26.8 Å². The molecule has 1 aliphatic carbocycles. The van der Waals surface area contributed by atoms with Crippen LogP contribution in [-0.4, -0.2) is 27.7 Å². The van der Waals surface area contributed by atoms with Crippen molar-refractivity contribution in [2.45, 2.75) is 45.1 Å². The van der Waals surface area contributed by atoms with E-state index in [-0.39, 0.29) is 11.5 Å². The van der Waals surface area contributed by atoms with Crippen LogP contribution in [0.2, 0.25) is 0 Å². The number of rotatable bonds is 4. The Hall–Kier alpha value is -1.94. The van der Waals surface area contributed by atoms with Crippen LogP contribution in [0, 0.1) is 20.8 Å². The summed E-state index contributed by atoms with van der Waals surface area (Å²) in [6.07, 6.45) is 1.40. The summed E-state index contributed by atoms with van der Waals surface area (Å²) in [6.45, 7) is 6.75. The summed E-state index contributed by atoms with van der Waals surface area (Å²) in [5.74, 6) is 1.69. The molecule has 0 atom stereocenters. The second kappa shape index (κ2) is 5.69. The van der Waals surface area contributed by atoms with Crippen molar-refractivity contribution in [3.63, 3.8) is 0 Å². The second-order valence-electron chi connectivity index (χ2n) is 6.39. The van der Waals surface area contributed by atoms with Crippen molar-refractivity contribution in [3.05, 3.63) is 53.0 Å². The smallest absolute Gasteiger partial charge is 0.132 e. The molecule has 0 aliphatic heterocycles. The Morgan fingerprint density at radius 3 is 2.45 bits per heavy atom. The highest BCUT2D eigenvalue weighted by Crippen LogP contribution is 2.44. The van der Waals surface area contributed by atoms with Crippen molar-refractivity contribution in [2.24, 2.45) is 0 Å². The van der Waals surface area contributed by atoms with Gasteiger partial charge in [-0.05, 0) is 39.2 Å². The molecule has 0 bridgehead atoms. The first-order valence-corrected chi connectivity index (χ1v) is 7.79. The number of aliphatic hydroxyl groups is 1. The normalized spacial score (nSPS) is 23.9. The first-order valence-electron chi connectivity index (χ1n) is 7.79. The SMILES string of the molecule is Cc1nc(C)c(C)c(NCC2(c3ccccc3)CC(O)C2)n1. The fourth-order valence-electron chi connectivity index (χ4n) is 3.31. The molecule has 0 spiro atoms. The molecule has 2 aromatic rings. The topological polar surface area (TPSA) is 58.0 Å². The summed E-state index contributed by atoms with van der Waals surface area (Å²) in [7, 11) is 0. The second-order valence-corrected chi connectivity index (χ2v) is 6.39. The quantitative estimate of drug-likeness (QED) is 0.911. The summed E-state index contributed by atoms with van der Waals surface area (Å²) < 4.78 is 0. The predicted octanol–water partition coefficient (Wildman–Crippen LogP) is 2.91. The molecule has 3 rings (SSSR count). The van der Waals surface area contributed by atoms with Gasteiger partial charge in [-0.1, -0.05) is 30.3 Å². The van der Waals surface area contributed by atoms with E-state index in [1.54, 1.807) is 0 Å². The van der Waals surface area contributed by atoms with Crippen LogP contribution in [0.5, 0.6) is 0 Å². The third kappa shape index (κ3) is 2.71. The van der Waals surface area contributed by atoms with Crippen molar-refractivity contribution >= 4 is 5.82 Å². The number of aryl methyl sites for hydroxylation is 2. The van der Waals surface area contributed by atoms with Crippen molar-refractivity contribution in [3.8, 4) is 0 Å². The van der Waals surface area contributed by atoms with E-state index in [4.69, 9.17) is 0 Å². The highest BCUT2D eigenvalue weighted by atomic mass is 16.3. The molecule has 0 radical (unpaired) electrons.